The second kappa shape index (κ2) is 5.03. The molecule has 2 aromatic carbocycles. The number of nitro groups is 2. The Morgan fingerprint density at radius 3 is 1.84 bits per heavy atom. The maximum absolute atomic E-state index is 11.0. The summed E-state index contributed by atoms with van der Waals surface area (Å²) in [5, 5.41) is 22.3. The van der Waals surface area contributed by atoms with Crippen LogP contribution >= 0.6 is 11.6 Å². The van der Waals surface area contributed by atoms with Gasteiger partial charge in [0.05, 0.1) is 9.85 Å². The average molecular weight is 279 g/mol. The third-order valence-electron chi connectivity index (χ3n) is 2.56. The third-order valence-corrected chi connectivity index (χ3v) is 2.89. The Balaban J connectivity index is 2.83. The number of nitrogens with zero attached hydrogens (tertiary/aromatic N) is 2. The van der Waals surface area contributed by atoms with Gasteiger partial charge in [0.2, 0.25) is 0 Å². The van der Waals surface area contributed by atoms with Crippen LogP contribution in [0.2, 0.25) is 5.02 Å². The van der Waals surface area contributed by atoms with E-state index >= 15 is 0 Å². The molecule has 0 radical (unpaired) electrons. The van der Waals surface area contributed by atoms with Gasteiger partial charge in [-0.1, -0.05) is 29.8 Å². The van der Waals surface area contributed by atoms with Crippen LogP contribution in [0.5, 0.6) is 0 Å². The molecule has 0 bridgehead atoms. The largest absolute Gasteiger partial charge is 0.284 e. The summed E-state index contributed by atoms with van der Waals surface area (Å²) in [6, 6.07) is 10.00. The minimum atomic E-state index is -0.661. The monoisotopic (exact) mass is 278 g/mol. The van der Waals surface area contributed by atoms with Crippen LogP contribution < -0.4 is 0 Å². The van der Waals surface area contributed by atoms with E-state index in [0.717, 1.165) is 0 Å². The van der Waals surface area contributed by atoms with Gasteiger partial charge < -0.3 is 0 Å². The first-order chi connectivity index (χ1) is 9.02. The predicted octanol–water partition coefficient (Wildman–Crippen LogP) is 3.82. The molecule has 0 fully saturated rings. The molecule has 0 aliphatic carbocycles. The van der Waals surface area contributed by atoms with Crippen LogP contribution in [-0.2, 0) is 0 Å². The Hall–Kier alpha value is -2.47. The van der Waals surface area contributed by atoms with Crippen LogP contribution in [0.4, 0.5) is 11.4 Å². The topological polar surface area (TPSA) is 86.3 Å². The molecule has 6 nitrogen and oxygen atoms in total. The molecule has 0 saturated carbocycles. The lowest BCUT2D eigenvalue weighted by atomic mass is 10.0. The zero-order chi connectivity index (χ0) is 14.0. The molecule has 0 N–H and O–H groups in total. The highest BCUT2D eigenvalue weighted by Gasteiger charge is 2.27. The summed E-state index contributed by atoms with van der Waals surface area (Å²) in [4.78, 5) is 20.7. The van der Waals surface area contributed by atoms with Crippen molar-refractivity contribution in [2.45, 2.75) is 0 Å². The number of halogens is 1. The number of nitro benzene ring substituents is 2. The van der Waals surface area contributed by atoms with Crippen molar-refractivity contribution < 1.29 is 9.85 Å². The molecule has 0 unspecified atom stereocenters. The highest BCUT2D eigenvalue weighted by Crippen LogP contribution is 2.40. The van der Waals surface area contributed by atoms with Crippen molar-refractivity contribution in [3.63, 3.8) is 0 Å². The van der Waals surface area contributed by atoms with Crippen molar-refractivity contribution in [1.82, 2.24) is 0 Å². The van der Waals surface area contributed by atoms with E-state index in [2.05, 4.69) is 0 Å². The highest BCUT2D eigenvalue weighted by molar-refractivity contribution is 6.33. The van der Waals surface area contributed by atoms with E-state index in [-0.39, 0.29) is 27.5 Å². The second-order valence-corrected chi connectivity index (χ2v) is 4.07. The van der Waals surface area contributed by atoms with Gasteiger partial charge in [-0.25, -0.2) is 0 Å². The summed E-state index contributed by atoms with van der Waals surface area (Å²) >= 11 is 5.97. The Labute approximate surface area is 112 Å². The quantitative estimate of drug-likeness (QED) is 0.631. The molecular formula is C12H7ClN2O4. The van der Waals surface area contributed by atoms with Gasteiger partial charge in [-0.3, -0.25) is 20.2 Å². The molecule has 0 aliphatic rings. The number of hydrogen-bond donors (Lipinski definition) is 0. The smallest absolute Gasteiger partial charge is 0.258 e. The van der Waals surface area contributed by atoms with Gasteiger partial charge in [0.1, 0.15) is 5.56 Å². The lowest BCUT2D eigenvalue weighted by Crippen LogP contribution is -1.98. The molecule has 0 atom stereocenters. The fraction of sp³-hybridized carbons (Fsp3) is 0. The molecule has 7 heteroatoms. The number of benzene rings is 2. The summed E-state index contributed by atoms with van der Waals surface area (Å²) in [6.07, 6.45) is 0. The first kappa shape index (κ1) is 13.0. The van der Waals surface area contributed by atoms with Gasteiger partial charge >= 0.3 is 0 Å². The first-order valence-electron chi connectivity index (χ1n) is 5.19. The van der Waals surface area contributed by atoms with Crippen LogP contribution in [0.3, 0.4) is 0 Å². The normalized spacial score (nSPS) is 10.2. The van der Waals surface area contributed by atoms with Crippen LogP contribution in [0.1, 0.15) is 0 Å². The lowest BCUT2D eigenvalue weighted by Gasteiger charge is -2.06. The van der Waals surface area contributed by atoms with Gasteiger partial charge in [0.25, 0.3) is 11.4 Å². The molecular weight excluding hydrogens is 272 g/mol. The minimum absolute atomic E-state index is 0.0805. The summed E-state index contributed by atoms with van der Waals surface area (Å²) in [5.41, 5.74) is -0.504. The van der Waals surface area contributed by atoms with Gasteiger partial charge in [0, 0.05) is 22.7 Å². The van der Waals surface area contributed by atoms with Crippen LogP contribution in [0.15, 0.2) is 42.5 Å². The van der Waals surface area contributed by atoms with Crippen LogP contribution in [-0.4, -0.2) is 9.85 Å². The second-order valence-electron chi connectivity index (χ2n) is 3.67. The summed E-state index contributed by atoms with van der Waals surface area (Å²) in [6.45, 7) is 0. The molecule has 0 heterocycles. The fourth-order valence-corrected chi connectivity index (χ4v) is 2.00. The third kappa shape index (κ3) is 2.38. The molecule has 96 valence electrons. The molecule has 0 amide bonds. The van der Waals surface area contributed by atoms with E-state index in [0.29, 0.717) is 0 Å². The first-order valence-corrected chi connectivity index (χ1v) is 5.57. The molecule has 0 spiro atoms. The van der Waals surface area contributed by atoms with E-state index in [1.165, 1.54) is 30.3 Å². The molecule has 0 aromatic heterocycles. The zero-order valence-corrected chi connectivity index (χ0v) is 10.2. The molecule has 0 saturated heterocycles. The summed E-state index contributed by atoms with van der Waals surface area (Å²) < 4.78 is 0. The van der Waals surface area contributed by atoms with Crippen molar-refractivity contribution in [2.24, 2.45) is 0 Å². The summed E-state index contributed by atoms with van der Waals surface area (Å²) in [5.74, 6) is 0. The van der Waals surface area contributed by atoms with Crippen molar-refractivity contribution in [3.05, 3.63) is 67.7 Å². The predicted molar refractivity (Wildman–Crippen MR) is 70.2 cm³/mol. The van der Waals surface area contributed by atoms with Gasteiger partial charge in [-0.05, 0) is 12.1 Å². The minimum Gasteiger partial charge on any atom is -0.258 e. The van der Waals surface area contributed by atoms with Crippen LogP contribution in [0.25, 0.3) is 11.1 Å². The van der Waals surface area contributed by atoms with Gasteiger partial charge in [0.15, 0.2) is 0 Å². The number of hydrogen-bond acceptors (Lipinski definition) is 4. The Morgan fingerprint density at radius 1 is 0.842 bits per heavy atom. The number of rotatable bonds is 3. The van der Waals surface area contributed by atoms with E-state index in [9.17, 15) is 20.2 Å². The average Bonchev–Trinajstić information content (AvgIpc) is 2.38. The molecule has 2 rings (SSSR count). The Kier molecular flexibility index (Phi) is 3.43. The van der Waals surface area contributed by atoms with Crippen molar-refractivity contribution in [3.8, 4) is 11.1 Å². The maximum atomic E-state index is 11.0. The fourth-order valence-electron chi connectivity index (χ4n) is 1.77. The SMILES string of the molecule is O=[N+]([O-])c1cccc([N+](=O)[O-])c1-c1ccccc1Cl. The molecule has 19 heavy (non-hydrogen) atoms. The zero-order valence-electron chi connectivity index (χ0n) is 9.45. The Morgan fingerprint density at radius 2 is 1.37 bits per heavy atom. The van der Waals surface area contributed by atoms with E-state index < -0.39 is 9.85 Å². The van der Waals surface area contributed by atoms with E-state index in [1.54, 1.807) is 12.1 Å². The summed E-state index contributed by atoms with van der Waals surface area (Å²) in [7, 11) is 0. The van der Waals surface area contributed by atoms with Gasteiger partial charge in [-0.15, -0.1) is 0 Å². The van der Waals surface area contributed by atoms with Crippen molar-refractivity contribution in [2.75, 3.05) is 0 Å². The lowest BCUT2D eigenvalue weighted by molar-refractivity contribution is -0.392. The Bertz CT molecular complexity index is 640. The van der Waals surface area contributed by atoms with Gasteiger partial charge in [-0.2, -0.15) is 0 Å². The van der Waals surface area contributed by atoms with E-state index in [4.69, 9.17) is 11.6 Å². The van der Waals surface area contributed by atoms with Crippen molar-refractivity contribution >= 4 is 23.0 Å². The molecule has 0 aliphatic heterocycles. The maximum Gasteiger partial charge on any atom is 0.284 e. The van der Waals surface area contributed by atoms with Crippen molar-refractivity contribution in [1.29, 1.82) is 0 Å². The standard InChI is InChI=1S/C12H7ClN2O4/c13-9-5-2-1-4-8(9)12-10(14(16)17)6-3-7-11(12)15(18)19/h1-7H. The highest BCUT2D eigenvalue weighted by atomic mass is 35.5. The van der Waals surface area contributed by atoms with E-state index in [1.807, 2.05) is 0 Å². The molecule has 2 aromatic rings. The van der Waals surface area contributed by atoms with Crippen LogP contribution in [0, 0.1) is 20.2 Å².